The molecule has 0 amide bonds. The summed E-state index contributed by atoms with van der Waals surface area (Å²) in [6.07, 6.45) is -3.22. The van der Waals surface area contributed by atoms with Crippen molar-refractivity contribution in [2.24, 2.45) is 0 Å². The molecule has 36 heavy (non-hydrogen) atoms. The van der Waals surface area contributed by atoms with Crippen molar-refractivity contribution in [2.75, 3.05) is 5.32 Å². The van der Waals surface area contributed by atoms with Crippen molar-refractivity contribution in [3.8, 4) is 11.4 Å². The van der Waals surface area contributed by atoms with Crippen LogP contribution < -0.4 is 5.32 Å². The van der Waals surface area contributed by atoms with Gasteiger partial charge in [-0.2, -0.15) is 22.7 Å². The molecule has 5 rings (SSSR count). The minimum absolute atomic E-state index is 0.0101. The predicted octanol–water partition coefficient (Wildman–Crippen LogP) is 5.53. The molecule has 3 N–H and O–H groups in total. The monoisotopic (exact) mass is 504 g/mol. The van der Waals surface area contributed by atoms with Gasteiger partial charge in [-0.25, -0.2) is 14.1 Å². The van der Waals surface area contributed by atoms with Crippen LogP contribution in [0.5, 0.6) is 5.75 Å². The molecule has 0 aliphatic heterocycles. The number of aromatic hydroxyl groups is 1. The number of nitrogens with zero attached hydrogens (tertiary/aromatic N) is 3. The second kappa shape index (κ2) is 7.89. The Morgan fingerprint density at radius 2 is 1.86 bits per heavy atom. The van der Waals surface area contributed by atoms with E-state index in [1.54, 1.807) is 12.1 Å². The summed E-state index contributed by atoms with van der Waals surface area (Å²) in [6.45, 7) is 2.83. The summed E-state index contributed by atoms with van der Waals surface area (Å²) in [5, 5.41) is 29.0. The van der Waals surface area contributed by atoms with Gasteiger partial charge >= 0.3 is 6.18 Å². The average molecular weight is 504 g/mol. The van der Waals surface area contributed by atoms with E-state index >= 15 is 0 Å². The first-order valence-electron chi connectivity index (χ1n) is 11.0. The molecule has 1 aliphatic carbocycles. The molecule has 0 fully saturated rings. The molecule has 2 atom stereocenters. The van der Waals surface area contributed by atoms with Crippen molar-refractivity contribution in [3.63, 3.8) is 0 Å². The molecule has 2 unspecified atom stereocenters. The van der Waals surface area contributed by atoms with Gasteiger partial charge in [0.1, 0.15) is 0 Å². The molecule has 0 spiro atoms. The number of hydrogen-bond donors (Lipinski definition) is 3. The lowest BCUT2D eigenvalue weighted by Crippen LogP contribution is -2.58. The highest BCUT2D eigenvalue weighted by Crippen LogP contribution is 2.56. The summed E-state index contributed by atoms with van der Waals surface area (Å²) in [5.74, 6) is -2.45. The normalized spacial score (nSPS) is 21.4. The molecule has 0 radical (unpaired) electrons. The number of benzene rings is 2. The standard InChI is InChI=1S/C25H21F5N4O2/c1-23(2)12-24(36,25(28,29)30)22(14-6-7-16(26)21(35)20(14)23)33-17-4-3-5-18-15(17)11-32-34(18)13-8-9-31-19(27)10-13/h3-11,22,33,35-36H,12H2,1-2H3. The van der Waals surface area contributed by atoms with Crippen molar-refractivity contribution in [1.82, 2.24) is 14.8 Å². The number of pyridine rings is 1. The number of phenolic OH excluding ortho intramolecular Hbond substituents is 1. The number of aliphatic hydroxyl groups is 1. The molecule has 188 valence electrons. The van der Waals surface area contributed by atoms with Crippen LogP contribution in [-0.4, -0.2) is 36.8 Å². The third-order valence-electron chi connectivity index (χ3n) is 6.70. The summed E-state index contributed by atoms with van der Waals surface area (Å²) < 4.78 is 72.5. The minimum atomic E-state index is -5.06. The average Bonchev–Trinajstić information content (AvgIpc) is 3.22. The Kier molecular flexibility index (Phi) is 5.26. The highest BCUT2D eigenvalue weighted by molar-refractivity contribution is 5.92. The number of aromatic nitrogens is 3. The van der Waals surface area contributed by atoms with E-state index in [0.717, 1.165) is 18.2 Å². The fourth-order valence-corrected chi connectivity index (χ4v) is 5.18. The van der Waals surface area contributed by atoms with Crippen molar-refractivity contribution in [1.29, 1.82) is 0 Å². The number of rotatable bonds is 3. The van der Waals surface area contributed by atoms with Gasteiger partial charge in [-0.1, -0.05) is 26.0 Å². The van der Waals surface area contributed by atoms with Crippen molar-refractivity contribution < 1.29 is 32.2 Å². The summed E-state index contributed by atoms with van der Waals surface area (Å²) >= 11 is 0. The Labute approximate surface area is 202 Å². The van der Waals surface area contributed by atoms with Crippen LogP contribution in [0, 0.1) is 11.8 Å². The number of phenols is 1. The molecule has 4 aromatic rings. The molecule has 0 saturated heterocycles. The molecule has 6 nitrogen and oxygen atoms in total. The second-order valence-corrected chi connectivity index (χ2v) is 9.55. The number of anilines is 1. The topological polar surface area (TPSA) is 83.2 Å². The molecule has 2 aromatic carbocycles. The lowest BCUT2D eigenvalue weighted by atomic mass is 9.63. The summed E-state index contributed by atoms with van der Waals surface area (Å²) in [4.78, 5) is 3.51. The zero-order chi connectivity index (χ0) is 26.0. The number of alkyl halides is 3. The quantitative estimate of drug-likeness (QED) is 0.252. The number of fused-ring (bicyclic) bond motifs is 2. The van der Waals surface area contributed by atoms with E-state index in [-0.39, 0.29) is 16.8 Å². The molecule has 0 bridgehead atoms. The summed E-state index contributed by atoms with van der Waals surface area (Å²) in [6, 6.07) is 7.66. The highest BCUT2D eigenvalue weighted by Gasteiger charge is 2.64. The number of nitrogens with one attached hydrogen (secondary N) is 1. The molecule has 2 heterocycles. The zero-order valence-electron chi connectivity index (χ0n) is 19.1. The Hall–Kier alpha value is -3.73. The third-order valence-corrected chi connectivity index (χ3v) is 6.70. The van der Waals surface area contributed by atoms with Gasteiger partial charge in [-0.05, 0) is 41.7 Å². The second-order valence-electron chi connectivity index (χ2n) is 9.55. The highest BCUT2D eigenvalue weighted by atomic mass is 19.4. The van der Waals surface area contributed by atoms with Crippen molar-refractivity contribution in [2.45, 2.75) is 43.5 Å². The third kappa shape index (κ3) is 3.57. The minimum Gasteiger partial charge on any atom is -0.505 e. The zero-order valence-corrected chi connectivity index (χ0v) is 19.1. The van der Waals surface area contributed by atoms with Crippen LogP contribution in [0.1, 0.15) is 37.4 Å². The SMILES string of the molecule is CC1(C)CC(O)(C(F)(F)F)C(Nc2cccc3c2cnn3-c2ccnc(F)c2)c2ccc(F)c(O)c21. The predicted molar refractivity (Wildman–Crippen MR) is 122 cm³/mol. The Bertz CT molecular complexity index is 1480. The van der Waals surface area contributed by atoms with Gasteiger partial charge in [0, 0.05) is 28.9 Å². The maximum atomic E-state index is 14.4. The van der Waals surface area contributed by atoms with Crippen LogP contribution >= 0.6 is 0 Å². The van der Waals surface area contributed by atoms with Gasteiger partial charge in [-0.3, -0.25) is 0 Å². The Morgan fingerprint density at radius 3 is 2.56 bits per heavy atom. The van der Waals surface area contributed by atoms with Crippen LogP contribution in [0.15, 0.2) is 54.9 Å². The van der Waals surface area contributed by atoms with E-state index in [1.165, 1.54) is 43.1 Å². The molecular formula is C25H21F5N4O2. The van der Waals surface area contributed by atoms with Gasteiger partial charge in [0.2, 0.25) is 5.95 Å². The van der Waals surface area contributed by atoms with E-state index in [4.69, 9.17) is 0 Å². The van der Waals surface area contributed by atoms with E-state index in [0.29, 0.717) is 16.6 Å². The molecule has 1 aliphatic rings. The maximum absolute atomic E-state index is 14.4. The largest absolute Gasteiger partial charge is 0.505 e. The van der Waals surface area contributed by atoms with Crippen molar-refractivity contribution >= 4 is 16.6 Å². The molecule has 11 heteroatoms. The van der Waals surface area contributed by atoms with Gasteiger partial charge in [-0.15, -0.1) is 0 Å². The van der Waals surface area contributed by atoms with E-state index in [2.05, 4.69) is 15.4 Å². The fraction of sp³-hybridized carbons (Fsp3) is 0.280. The van der Waals surface area contributed by atoms with Crippen LogP contribution in [0.4, 0.5) is 27.6 Å². The van der Waals surface area contributed by atoms with Gasteiger partial charge in [0.25, 0.3) is 0 Å². The molecular weight excluding hydrogens is 483 g/mol. The van der Waals surface area contributed by atoms with Crippen LogP contribution in [0.2, 0.25) is 0 Å². The Balaban J connectivity index is 1.68. The first-order chi connectivity index (χ1) is 16.8. The number of halogens is 5. The van der Waals surface area contributed by atoms with Gasteiger partial charge < -0.3 is 15.5 Å². The Morgan fingerprint density at radius 1 is 1.11 bits per heavy atom. The fourth-order valence-electron chi connectivity index (χ4n) is 5.18. The van der Waals surface area contributed by atoms with E-state index < -0.39 is 47.2 Å². The summed E-state index contributed by atoms with van der Waals surface area (Å²) in [5.41, 5.74) is -3.72. The first-order valence-corrected chi connectivity index (χ1v) is 11.0. The molecule has 2 aromatic heterocycles. The van der Waals surface area contributed by atoms with Crippen LogP contribution in [-0.2, 0) is 5.41 Å². The van der Waals surface area contributed by atoms with Crippen LogP contribution in [0.3, 0.4) is 0 Å². The summed E-state index contributed by atoms with van der Waals surface area (Å²) in [7, 11) is 0. The maximum Gasteiger partial charge on any atom is 0.419 e. The lowest BCUT2D eigenvalue weighted by Gasteiger charge is -2.49. The van der Waals surface area contributed by atoms with Gasteiger partial charge in [0.15, 0.2) is 17.2 Å². The lowest BCUT2D eigenvalue weighted by molar-refractivity contribution is -0.276. The van der Waals surface area contributed by atoms with Crippen LogP contribution in [0.25, 0.3) is 16.6 Å². The van der Waals surface area contributed by atoms with Crippen molar-refractivity contribution in [3.05, 3.63) is 77.8 Å². The molecule has 0 saturated carbocycles. The first kappa shape index (κ1) is 24.0. The smallest absolute Gasteiger partial charge is 0.419 e. The number of hydrogen-bond acceptors (Lipinski definition) is 5. The van der Waals surface area contributed by atoms with E-state index in [9.17, 15) is 32.2 Å². The van der Waals surface area contributed by atoms with E-state index in [1.807, 2.05) is 0 Å². The van der Waals surface area contributed by atoms with Gasteiger partial charge in [0.05, 0.1) is 23.4 Å².